The van der Waals surface area contributed by atoms with Crippen molar-refractivity contribution < 1.29 is 9.32 Å². The number of aromatic nitrogens is 1. The first-order valence-electron chi connectivity index (χ1n) is 8.64. The molecule has 24 heavy (non-hydrogen) atoms. The van der Waals surface area contributed by atoms with E-state index in [2.05, 4.69) is 53.5 Å². The summed E-state index contributed by atoms with van der Waals surface area (Å²) in [5.41, 5.74) is 3.67. The second-order valence-electron chi connectivity index (χ2n) is 6.87. The second kappa shape index (κ2) is 7.62. The molecule has 1 aliphatic rings. The van der Waals surface area contributed by atoms with Crippen LogP contribution in [0.15, 0.2) is 34.9 Å². The zero-order chi connectivity index (χ0) is 16.9. The van der Waals surface area contributed by atoms with Crippen molar-refractivity contribution in [2.45, 2.75) is 39.8 Å². The van der Waals surface area contributed by atoms with E-state index in [1.807, 2.05) is 0 Å². The number of amides is 1. The van der Waals surface area contributed by atoms with E-state index in [1.165, 1.54) is 11.1 Å². The summed E-state index contributed by atoms with van der Waals surface area (Å²) in [7, 11) is 0. The molecule has 0 bridgehead atoms. The molecule has 1 aromatic carbocycles. The van der Waals surface area contributed by atoms with Gasteiger partial charge in [0.05, 0.1) is 5.69 Å². The molecule has 5 nitrogen and oxygen atoms in total. The zero-order valence-electron chi connectivity index (χ0n) is 14.4. The van der Waals surface area contributed by atoms with Gasteiger partial charge >= 0.3 is 0 Å². The lowest BCUT2D eigenvalue weighted by Gasteiger charge is -2.14. The molecular formula is C19H25N3O2. The molecule has 1 amide bonds. The summed E-state index contributed by atoms with van der Waals surface area (Å²) in [5, 5.41) is 6.86. The SMILES string of the molecule is CC(C)Cc1cc(C(=O)NCCCN2Cc3ccccc3C2)on1. The fraction of sp³-hybridized carbons (Fsp3) is 0.474. The van der Waals surface area contributed by atoms with Gasteiger partial charge in [-0.1, -0.05) is 43.3 Å². The molecule has 0 unspecified atom stereocenters. The standard InChI is InChI=1S/C19H25N3O2/c1-14(2)10-17-11-18(24-21-17)19(23)20-8-5-9-22-12-15-6-3-4-7-16(15)13-22/h3-4,6-7,11,14H,5,8-10,12-13H2,1-2H3,(H,20,23). The van der Waals surface area contributed by atoms with Crippen molar-refractivity contribution in [3.63, 3.8) is 0 Å². The molecule has 0 spiro atoms. The van der Waals surface area contributed by atoms with Gasteiger partial charge in [-0.05, 0) is 29.9 Å². The Morgan fingerprint density at radius 2 is 2.00 bits per heavy atom. The minimum atomic E-state index is -0.179. The quantitative estimate of drug-likeness (QED) is 0.794. The molecule has 1 N–H and O–H groups in total. The van der Waals surface area contributed by atoms with Crippen LogP contribution >= 0.6 is 0 Å². The Morgan fingerprint density at radius 1 is 1.29 bits per heavy atom. The van der Waals surface area contributed by atoms with Crippen LogP contribution in [-0.4, -0.2) is 29.1 Å². The Kier molecular flexibility index (Phi) is 5.30. The van der Waals surface area contributed by atoms with Crippen LogP contribution in [0.5, 0.6) is 0 Å². The Bertz CT molecular complexity index is 668. The van der Waals surface area contributed by atoms with Gasteiger partial charge in [0.1, 0.15) is 0 Å². The number of fused-ring (bicyclic) bond motifs is 1. The molecule has 0 aliphatic carbocycles. The van der Waals surface area contributed by atoms with Gasteiger partial charge in [-0.3, -0.25) is 9.69 Å². The molecule has 2 aromatic rings. The van der Waals surface area contributed by atoms with Crippen molar-refractivity contribution in [1.29, 1.82) is 0 Å². The first-order chi connectivity index (χ1) is 11.6. The second-order valence-corrected chi connectivity index (χ2v) is 6.87. The van der Waals surface area contributed by atoms with Crippen LogP contribution in [0.25, 0.3) is 0 Å². The van der Waals surface area contributed by atoms with Crippen LogP contribution in [0.4, 0.5) is 0 Å². The lowest BCUT2D eigenvalue weighted by Crippen LogP contribution is -2.27. The number of nitrogens with one attached hydrogen (secondary N) is 1. The molecule has 0 saturated heterocycles. The summed E-state index contributed by atoms with van der Waals surface area (Å²) in [6, 6.07) is 10.3. The smallest absolute Gasteiger partial charge is 0.289 e. The molecule has 0 fully saturated rings. The van der Waals surface area contributed by atoms with Gasteiger partial charge in [0.25, 0.3) is 5.91 Å². The molecule has 128 valence electrons. The lowest BCUT2D eigenvalue weighted by molar-refractivity contribution is 0.0914. The van der Waals surface area contributed by atoms with Crippen LogP contribution in [0, 0.1) is 5.92 Å². The highest BCUT2D eigenvalue weighted by atomic mass is 16.5. The number of carbonyl (C=O) groups is 1. The number of hydrogen-bond donors (Lipinski definition) is 1. The predicted molar refractivity (Wildman–Crippen MR) is 92.6 cm³/mol. The maximum atomic E-state index is 12.1. The zero-order valence-corrected chi connectivity index (χ0v) is 14.4. The topological polar surface area (TPSA) is 58.4 Å². The average molecular weight is 327 g/mol. The van der Waals surface area contributed by atoms with Crippen molar-refractivity contribution >= 4 is 5.91 Å². The van der Waals surface area contributed by atoms with Gasteiger partial charge in [0, 0.05) is 32.2 Å². The predicted octanol–water partition coefficient (Wildman–Crippen LogP) is 3.01. The molecule has 1 aliphatic heterocycles. The third-order valence-electron chi connectivity index (χ3n) is 4.24. The first kappa shape index (κ1) is 16.7. The van der Waals surface area contributed by atoms with E-state index in [-0.39, 0.29) is 5.91 Å². The van der Waals surface area contributed by atoms with E-state index in [1.54, 1.807) is 6.07 Å². The Balaban J connectivity index is 1.38. The van der Waals surface area contributed by atoms with Gasteiger partial charge in [-0.15, -0.1) is 0 Å². The lowest BCUT2D eigenvalue weighted by atomic mass is 10.1. The number of carbonyl (C=O) groups excluding carboxylic acids is 1. The minimum absolute atomic E-state index is 0.179. The Hall–Kier alpha value is -2.14. The normalized spacial score (nSPS) is 14.1. The summed E-state index contributed by atoms with van der Waals surface area (Å²) in [6.07, 6.45) is 1.75. The maximum absolute atomic E-state index is 12.1. The Labute approximate surface area is 143 Å². The van der Waals surface area contributed by atoms with E-state index in [0.29, 0.717) is 18.2 Å². The summed E-state index contributed by atoms with van der Waals surface area (Å²) in [6.45, 7) is 7.86. The number of rotatable bonds is 7. The van der Waals surface area contributed by atoms with Gasteiger partial charge < -0.3 is 9.84 Å². The third-order valence-corrected chi connectivity index (χ3v) is 4.24. The summed E-state index contributed by atoms with van der Waals surface area (Å²) in [5.74, 6) is 0.622. The summed E-state index contributed by atoms with van der Waals surface area (Å²) < 4.78 is 5.13. The van der Waals surface area contributed by atoms with Crippen molar-refractivity contribution in [3.05, 3.63) is 52.9 Å². The highest BCUT2D eigenvalue weighted by molar-refractivity contribution is 5.91. The Morgan fingerprint density at radius 3 is 2.67 bits per heavy atom. The minimum Gasteiger partial charge on any atom is -0.351 e. The molecule has 5 heteroatoms. The monoisotopic (exact) mass is 327 g/mol. The molecule has 0 saturated carbocycles. The van der Waals surface area contributed by atoms with Crippen LogP contribution < -0.4 is 5.32 Å². The van der Waals surface area contributed by atoms with Gasteiger partial charge in [0.2, 0.25) is 5.76 Å². The van der Waals surface area contributed by atoms with Gasteiger partial charge in [-0.2, -0.15) is 0 Å². The molecule has 2 heterocycles. The van der Waals surface area contributed by atoms with E-state index in [4.69, 9.17) is 4.52 Å². The molecule has 0 atom stereocenters. The fourth-order valence-corrected chi connectivity index (χ4v) is 3.09. The highest BCUT2D eigenvalue weighted by Crippen LogP contribution is 2.21. The number of hydrogen-bond acceptors (Lipinski definition) is 4. The molecule has 3 rings (SSSR count). The van der Waals surface area contributed by atoms with Crippen LogP contribution in [0.1, 0.15) is 47.6 Å². The molecule has 1 aromatic heterocycles. The average Bonchev–Trinajstić information content (AvgIpc) is 3.17. The summed E-state index contributed by atoms with van der Waals surface area (Å²) in [4.78, 5) is 14.5. The van der Waals surface area contributed by atoms with Crippen molar-refractivity contribution in [2.24, 2.45) is 5.92 Å². The third kappa shape index (κ3) is 4.23. The molecular weight excluding hydrogens is 302 g/mol. The van der Waals surface area contributed by atoms with E-state index in [9.17, 15) is 4.79 Å². The van der Waals surface area contributed by atoms with Crippen LogP contribution in [0.3, 0.4) is 0 Å². The fourth-order valence-electron chi connectivity index (χ4n) is 3.09. The van der Waals surface area contributed by atoms with E-state index >= 15 is 0 Å². The van der Waals surface area contributed by atoms with Gasteiger partial charge in [-0.25, -0.2) is 0 Å². The highest BCUT2D eigenvalue weighted by Gasteiger charge is 2.18. The van der Waals surface area contributed by atoms with Crippen molar-refractivity contribution in [2.75, 3.05) is 13.1 Å². The first-order valence-corrected chi connectivity index (χ1v) is 8.64. The van der Waals surface area contributed by atoms with Gasteiger partial charge in [0.15, 0.2) is 0 Å². The van der Waals surface area contributed by atoms with Crippen molar-refractivity contribution in [1.82, 2.24) is 15.4 Å². The van der Waals surface area contributed by atoms with Crippen LogP contribution in [-0.2, 0) is 19.5 Å². The molecule has 0 radical (unpaired) electrons. The number of benzene rings is 1. The maximum Gasteiger partial charge on any atom is 0.289 e. The van der Waals surface area contributed by atoms with Crippen LogP contribution in [0.2, 0.25) is 0 Å². The van der Waals surface area contributed by atoms with E-state index < -0.39 is 0 Å². The summed E-state index contributed by atoms with van der Waals surface area (Å²) >= 11 is 0. The van der Waals surface area contributed by atoms with E-state index in [0.717, 1.165) is 38.2 Å². The number of nitrogens with zero attached hydrogens (tertiary/aromatic N) is 2. The van der Waals surface area contributed by atoms with Crippen molar-refractivity contribution in [3.8, 4) is 0 Å². The largest absolute Gasteiger partial charge is 0.351 e.